The molecule has 8 nitrogen and oxygen atoms in total. The zero-order valence-corrected chi connectivity index (χ0v) is 15.8. The van der Waals surface area contributed by atoms with Crippen molar-refractivity contribution in [3.63, 3.8) is 0 Å². The van der Waals surface area contributed by atoms with Gasteiger partial charge < -0.3 is 5.73 Å². The summed E-state index contributed by atoms with van der Waals surface area (Å²) in [4.78, 5) is 31.2. The van der Waals surface area contributed by atoms with E-state index in [2.05, 4.69) is 15.4 Å². The van der Waals surface area contributed by atoms with Crippen LogP contribution in [0.3, 0.4) is 0 Å². The van der Waals surface area contributed by atoms with Gasteiger partial charge in [-0.25, -0.2) is 9.67 Å². The summed E-state index contributed by atoms with van der Waals surface area (Å²) in [5.41, 5.74) is 7.26. The number of hydrogen-bond donors (Lipinski definition) is 2. The minimum Gasteiger partial charge on any atom is -0.370 e. The molecule has 0 spiro atoms. The molecule has 2 aliphatic heterocycles. The second-order valence-corrected chi connectivity index (χ2v) is 7.76. The highest BCUT2D eigenvalue weighted by Gasteiger charge is 2.45. The normalized spacial score (nSPS) is 23.9. The van der Waals surface area contributed by atoms with E-state index in [4.69, 9.17) is 5.73 Å². The lowest BCUT2D eigenvalue weighted by atomic mass is 9.87. The number of aromatic nitrogens is 2. The van der Waals surface area contributed by atoms with E-state index in [1.54, 1.807) is 15.6 Å². The number of fused-ring (bicyclic) bond motifs is 1. The Labute approximate surface area is 157 Å². The molecule has 2 aromatic rings. The predicted molar refractivity (Wildman–Crippen MR) is 101 cm³/mol. The van der Waals surface area contributed by atoms with Gasteiger partial charge in [0.05, 0.1) is 17.7 Å². The molecule has 0 saturated carbocycles. The van der Waals surface area contributed by atoms with Gasteiger partial charge in [0, 0.05) is 5.69 Å². The van der Waals surface area contributed by atoms with Gasteiger partial charge in [-0.2, -0.15) is 5.10 Å². The Balaban J connectivity index is 1.78. The third-order valence-corrected chi connectivity index (χ3v) is 5.19. The maximum atomic E-state index is 13.1. The van der Waals surface area contributed by atoms with Crippen LogP contribution in [0, 0.1) is 6.92 Å². The van der Waals surface area contributed by atoms with Crippen LogP contribution in [0.5, 0.6) is 0 Å². The fourth-order valence-corrected chi connectivity index (χ4v) is 3.94. The van der Waals surface area contributed by atoms with Crippen molar-refractivity contribution in [3.05, 3.63) is 47.3 Å². The summed E-state index contributed by atoms with van der Waals surface area (Å²) in [6.45, 7) is 7.64. The van der Waals surface area contributed by atoms with Crippen LogP contribution in [0.2, 0.25) is 0 Å². The number of aryl methyl sites for hydroxylation is 1. The smallest absolute Gasteiger partial charge is 0.278 e. The van der Waals surface area contributed by atoms with Crippen LogP contribution in [0.25, 0.3) is 0 Å². The molecule has 1 unspecified atom stereocenters. The van der Waals surface area contributed by atoms with Crippen LogP contribution < -0.4 is 16.0 Å². The third-order valence-electron chi connectivity index (χ3n) is 5.19. The van der Waals surface area contributed by atoms with Gasteiger partial charge in [-0.15, -0.1) is 0 Å². The first-order valence-electron chi connectivity index (χ1n) is 8.79. The van der Waals surface area contributed by atoms with E-state index in [0.29, 0.717) is 5.69 Å². The van der Waals surface area contributed by atoms with Gasteiger partial charge in [-0.05, 0) is 51.5 Å². The Bertz CT molecular complexity index is 1010. The first kappa shape index (κ1) is 17.3. The number of benzene rings is 1. The number of nitrogens with zero attached hydrogens (tertiary/aromatic N) is 4. The van der Waals surface area contributed by atoms with Gasteiger partial charge in [-0.1, -0.05) is 12.1 Å². The van der Waals surface area contributed by atoms with E-state index in [1.165, 1.54) is 0 Å². The predicted octanol–water partition coefficient (Wildman–Crippen LogP) is 1.59. The Kier molecular flexibility index (Phi) is 3.46. The molecule has 0 bridgehead atoms. The van der Waals surface area contributed by atoms with E-state index in [0.717, 1.165) is 16.9 Å². The molecular weight excluding hydrogens is 344 g/mol. The Morgan fingerprint density at radius 3 is 2.59 bits per heavy atom. The van der Waals surface area contributed by atoms with Crippen LogP contribution in [0.15, 0.2) is 35.3 Å². The number of nitrogens with two attached hydrogens (primary N) is 1. The molecule has 140 valence electrons. The van der Waals surface area contributed by atoms with Crippen LogP contribution in [-0.2, 0) is 16.0 Å². The molecule has 8 heteroatoms. The Morgan fingerprint density at radius 2 is 1.93 bits per heavy atom. The average molecular weight is 366 g/mol. The van der Waals surface area contributed by atoms with Crippen molar-refractivity contribution in [2.75, 3.05) is 4.90 Å². The highest BCUT2D eigenvalue weighted by atomic mass is 16.2. The van der Waals surface area contributed by atoms with Crippen molar-refractivity contribution >= 4 is 23.5 Å². The standard InChI is InChI=1S/C19H22N6O2/c1-11-8-14-16(27)24(18(2,3)25(14)23-11)13-7-5-6-12(9-13)19(4)10-15(26)21-17(20)22-19/h5-9H,10H2,1-4H3,(H3,20,21,22,26). The highest BCUT2D eigenvalue weighted by molar-refractivity contribution is 6.08. The summed E-state index contributed by atoms with van der Waals surface area (Å²) in [5.74, 6) is -0.178. The van der Waals surface area contributed by atoms with Crippen LogP contribution in [0.1, 0.15) is 48.9 Å². The number of guanidine groups is 1. The summed E-state index contributed by atoms with van der Waals surface area (Å²) >= 11 is 0. The molecule has 2 aliphatic rings. The number of hydrogen-bond acceptors (Lipinski definition) is 5. The highest BCUT2D eigenvalue weighted by Crippen LogP contribution is 2.39. The topological polar surface area (TPSA) is 106 Å². The van der Waals surface area contributed by atoms with Crippen LogP contribution in [-0.4, -0.2) is 27.6 Å². The largest absolute Gasteiger partial charge is 0.370 e. The van der Waals surface area contributed by atoms with Gasteiger partial charge in [0.25, 0.3) is 5.91 Å². The molecule has 3 N–H and O–H groups in total. The Morgan fingerprint density at radius 1 is 1.19 bits per heavy atom. The van der Waals surface area contributed by atoms with Gasteiger partial charge >= 0.3 is 0 Å². The average Bonchev–Trinajstić information content (AvgIpc) is 3.03. The van der Waals surface area contributed by atoms with Gasteiger partial charge in [0.15, 0.2) is 5.96 Å². The van der Waals surface area contributed by atoms with E-state index < -0.39 is 11.2 Å². The third kappa shape index (κ3) is 2.51. The minimum atomic E-state index is -0.778. The molecule has 3 heterocycles. The lowest BCUT2D eigenvalue weighted by Crippen LogP contribution is -2.46. The van der Waals surface area contributed by atoms with Crippen molar-refractivity contribution in [1.29, 1.82) is 0 Å². The first-order chi connectivity index (χ1) is 12.6. The minimum absolute atomic E-state index is 0.104. The lowest BCUT2D eigenvalue weighted by molar-refractivity contribution is -0.121. The molecule has 4 rings (SSSR count). The second-order valence-electron chi connectivity index (χ2n) is 7.76. The summed E-state index contributed by atoms with van der Waals surface area (Å²) < 4.78 is 1.75. The maximum Gasteiger partial charge on any atom is 0.278 e. The maximum absolute atomic E-state index is 13.1. The summed E-state index contributed by atoms with van der Waals surface area (Å²) in [5, 5.41) is 7.00. The zero-order valence-electron chi connectivity index (χ0n) is 15.8. The van der Waals surface area contributed by atoms with Crippen LogP contribution in [0.4, 0.5) is 5.69 Å². The zero-order chi connectivity index (χ0) is 19.6. The molecule has 1 atom stereocenters. The van der Waals surface area contributed by atoms with Crippen LogP contribution >= 0.6 is 0 Å². The number of aliphatic imine (C=N–C) groups is 1. The van der Waals surface area contributed by atoms with Gasteiger partial charge in [0.1, 0.15) is 11.4 Å². The number of carbonyl (C=O) groups is 2. The lowest BCUT2D eigenvalue weighted by Gasteiger charge is -2.34. The SMILES string of the molecule is Cc1cc2n(n1)C(C)(C)N(c1cccc(C3(C)CC(=O)NC(N)=N3)c1)C2=O. The number of anilines is 1. The quantitative estimate of drug-likeness (QED) is 0.842. The van der Waals surface area contributed by atoms with E-state index >= 15 is 0 Å². The molecule has 0 radical (unpaired) electrons. The number of rotatable bonds is 2. The molecular formula is C19H22N6O2. The number of carbonyl (C=O) groups excluding carboxylic acids is 2. The van der Waals surface area contributed by atoms with E-state index in [-0.39, 0.29) is 24.2 Å². The number of amides is 2. The fourth-order valence-electron chi connectivity index (χ4n) is 3.94. The van der Waals surface area contributed by atoms with Crippen molar-refractivity contribution < 1.29 is 9.59 Å². The molecule has 0 fully saturated rings. The Hall–Kier alpha value is -3.16. The monoisotopic (exact) mass is 366 g/mol. The van der Waals surface area contributed by atoms with Crippen molar-refractivity contribution in [1.82, 2.24) is 15.1 Å². The molecule has 1 aromatic carbocycles. The molecule has 1 aromatic heterocycles. The second kappa shape index (κ2) is 5.42. The van der Waals surface area contributed by atoms with Crippen molar-refractivity contribution in [3.8, 4) is 0 Å². The summed E-state index contributed by atoms with van der Waals surface area (Å²) in [6, 6.07) is 9.33. The van der Waals surface area contributed by atoms with Gasteiger partial charge in [0.2, 0.25) is 5.91 Å². The van der Waals surface area contributed by atoms with E-state index in [9.17, 15) is 9.59 Å². The first-order valence-corrected chi connectivity index (χ1v) is 8.79. The molecule has 27 heavy (non-hydrogen) atoms. The molecule has 0 saturated heterocycles. The number of nitrogens with one attached hydrogen (secondary N) is 1. The van der Waals surface area contributed by atoms with Crippen molar-refractivity contribution in [2.24, 2.45) is 10.7 Å². The van der Waals surface area contributed by atoms with Crippen molar-refractivity contribution in [2.45, 2.75) is 45.3 Å². The van der Waals surface area contributed by atoms with Gasteiger partial charge in [-0.3, -0.25) is 19.8 Å². The van der Waals surface area contributed by atoms with E-state index in [1.807, 2.05) is 52.0 Å². The summed E-state index contributed by atoms with van der Waals surface area (Å²) in [7, 11) is 0. The fraction of sp³-hybridized carbons (Fsp3) is 0.368. The molecule has 2 amide bonds. The summed E-state index contributed by atoms with van der Waals surface area (Å²) in [6.07, 6.45) is 0.190. The molecule has 0 aliphatic carbocycles.